The Bertz CT molecular complexity index is 1360. The van der Waals surface area contributed by atoms with Gasteiger partial charge < -0.3 is 14.4 Å². The van der Waals surface area contributed by atoms with E-state index in [-0.39, 0.29) is 10.6 Å². The van der Waals surface area contributed by atoms with Crippen molar-refractivity contribution in [1.29, 1.82) is 0 Å². The highest BCUT2D eigenvalue weighted by molar-refractivity contribution is 7.19. The number of anilines is 1. The monoisotopic (exact) mass is 478 g/mol. The van der Waals surface area contributed by atoms with Crippen LogP contribution in [0.4, 0.5) is 11.4 Å². The summed E-state index contributed by atoms with van der Waals surface area (Å²) in [6.45, 7) is 5.61. The quantitative estimate of drug-likeness (QED) is 0.267. The minimum absolute atomic E-state index is 0.108. The van der Waals surface area contributed by atoms with Crippen molar-refractivity contribution in [3.63, 3.8) is 0 Å². The summed E-state index contributed by atoms with van der Waals surface area (Å²) >= 11 is 1.76. The van der Waals surface area contributed by atoms with Gasteiger partial charge in [0.15, 0.2) is 0 Å². The van der Waals surface area contributed by atoms with Gasteiger partial charge in [0.25, 0.3) is 5.69 Å². The topological polar surface area (TPSA) is 80.3 Å². The first-order valence-corrected chi connectivity index (χ1v) is 12.0. The normalized spacial score (nSPS) is 11.5. The van der Waals surface area contributed by atoms with E-state index in [2.05, 4.69) is 33.6 Å². The average molecular weight is 479 g/mol. The number of likely N-dealkylation sites (N-methyl/N-ethyl adjacent to an activating group) is 2. The largest absolute Gasteiger partial charge is 0.368 e. The maximum atomic E-state index is 11.9. The molecule has 4 aromatic rings. The van der Waals surface area contributed by atoms with E-state index in [1.54, 1.807) is 23.6 Å². The molecule has 0 unspecified atom stereocenters. The molecule has 0 saturated carbocycles. The van der Waals surface area contributed by atoms with Crippen molar-refractivity contribution in [3.8, 4) is 11.3 Å². The summed E-state index contributed by atoms with van der Waals surface area (Å²) in [7, 11) is 7.92. The van der Waals surface area contributed by atoms with Crippen molar-refractivity contribution in [2.24, 2.45) is 7.05 Å². The van der Waals surface area contributed by atoms with E-state index in [1.807, 2.05) is 52.1 Å². The van der Waals surface area contributed by atoms with Crippen LogP contribution < -0.4 is 4.90 Å². The average Bonchev–Trinajstić information content (AvgIpc) is 3.31. The number of aryl methyl sites for hydroxylation is 3. The fourth-order valence-corrected chi connectivity index (χ4v) is 5.17. The molecule has 0 bridgehead atoms. The summed E-state index contributed by atoms with van der Waals surface area (Å²) in [4.78, 5) is 26.1. The Morgan fingerprint density at radius 3 is 2.62 bits per heavy atom. The first-order valence-electron chi connectivity index (χ1n) is 11.2. The summed E-state index contributed by atoms with van der Waals surface area (Å²) in [5.41, 5.74) is 5.72. The van der Waals surface area contributed by atoms with Gasteiger partial charge in [-0.15, -0.1) is 11.3 Å². The molecule has 0 atom stereocenters. The van der Waals surface area contributed by atoms with Crippen molar-refractivity contribution in [2.45, 2.75) is 20.3 Å². The standard InChI is InChI=1S/C25H30N6O2S/c1-16-11-21(29(5)10-9-28(3)4)22(31(32)33)13-18(16)14-24-26-8-7-20(27-24)19-15-30(6)23-12-17(2)34-25(19)23/h7-8,11-13,15H,9-10,14H2,1-6H3. The van der Waals surface area contributed by atoms with Crippen LogP contribution in [0.3, 0.4) is 0 Å². The molecule has 9 heteroatoms. The van der Waals surface area contributed by atoms with Crippen molar-refractivity contribution in [2.75, 3.05) is 39.1 Å². The van der Waals surface area contributed by atoms with Crippen LogP contribution in [-0.4, -0.2) is 58.6 Å². The molecule has 0 aliphatic carbocycles. The molecule has 8 nitrogen and oxygen atoms in total. The minimum atomic E-state index is -0.304. The van der Waals surface area contributed by atoms with E-state index < -0.39 is 0 Å². The molecule has 0 aliphatic rings. The second-order valence-corrected chi connectivity index (χ2v) is 10.3. The van der Waals surface area contributed by atoms with Crippen LogP contribution in [0.25, 0.3) is 21.5 Å². The number of aromatic nitrogens is 3. The van der Waals surface area contributed by atoms with E-state index in [0.29, 0.717) is 24.5 Å². The molecule has 34 heavy (non-hydrogen) atoms. The van der Waals surface area contributed by atoms with Crippen LogP contribution in [0.2, 0.25) is 0 Å². The third kappa shape index (κ3) is 4.80. The number of fused-ring (bicyclic) bond motifs is 1. The smallest absolute Gasteiger partial charge is 0.292 e. The fourth-order valence-electron chi connectivity index (χ4n) is 4.10. The van der Waals surface area contributed by atoms with Gasteiger partial charge in [0.1, 0.15) is 11.5 Å². The second-order valence-electron chi connectivity index (χ2n) is 9.01. The highest BCUT2D eigenvalue weighted by Gasteiger charge is 2.21. The zero-order valence-corrected chi connectivity index (χ0v) is 21.3. The number of thiophene rings is 1. The van der Waals surface area contributed by atoms with E-state index in [4.69, 9.17) is 4.98 Å². The van der Waals surface area contributed by atoms with Gasteiger partial charge in [-0.25, -0.2) is 9.97 Å². The van der Waals surface area contributed by atoms with E-state index in [0.717, 1.165) is 28.9 Å². The lowest BCUT2D eigenvalue weighted by molar-refractivity contribution is -0.384. The number of rotatable bonds is 8. The lowest BCUT2D eigenvalue weighted by atomic mass is 10.0. The van der Waals surface area contributed by atoms with Crippen molar-refractivity contribution in [1.82, 2.24) is 19.4 Å². The van der Waals surface area contributed by atoms with Gasteiger partial charge in [-0.05, 0) is 57.3 Å². The molecule has 3 heterocycles. The fraction of sp³-hybridized carbons (Fsp3) is 0.360. The first kappa shape index (κ1) is 23.8. The molecule has 0 amide bonds. The Morgan fingerprint density at radius 2 is 1.91 bits per heavy atom. The predicted molar refractivity (Wildman–Crippen MR) is 139 cm³/mol. The van der Waals surface area contributed by atoms with Gasteiger partial charge in [0.05, 0.1) is 20.8 Å². The molecule has 178 valence electrons. The van der Waals surface area contributed by atoms with E-state index >= 15 is 0 Å². The van der Waals surface area contributed by atoms with Crippen LogP contribution in [0.1, 0.15) is 21.8 Å². The molecule has 1 aromatic carbocycles. The van der Waals surface area contributed by atoms with Crippen LogP contribution in [-0.2, 0) is 13.5 Å². The van der Waals surface area contributed by atoms with Gasteiger partial charge in [0, 0.05) is 62.5 Å². The zero-order valence-electron chi connectivity index (χ0n) is 20.5. The van der Waals surface area contributed by atoms with Crippen molar-refractivity contribution >= 4 is 32.9 Å². The first-order chi connectivity index (χ1) is 16.1. The van der Waals surface area contributed by atoms with Crippen molar-refractivity contribution < 1.29 is 4.92 Å². The molecular weight excluding hydrogens is 448 g/mol. The lowest BCUT2D eigenvalue weighted by Gasteiger charge is -2.22. The number of nitro benzene ring substituents is 1. The summed E-state index contributed by atoms with van der Waals surface area (Å²) in [6.07, 6.45) is 4.30. The highest BCUT2D eigenvalue weighted by atomic mass is 32.1. The van der Waals surface area contributed by atoms with Gasteiger partial charge >= 0.3 is 0 Å². The van der Waals surface area contributed by atoms with Crippen LogP contribution in [0.5, 0.6) is 0 Å². The number of hydrogen-bond donors (Lipinski definition) is 0. The van der Waals surface area contributed by atoms with Crippen LogP contribution in [0.15, 0.2) is 36.7 Å². The van der Waals surface area contributed by atoms with Gasteiger partial charge in [-0.1, -0.05) is 0 Å². The third-order valence-corrected chi connectivity index (χ3v) is 7.11. The van der Waals surface area contributed by atoms with Gasteiger partial charge in [0.2, 0.25) is 0 Å². The van der Waals surface area contributed by atoms with Gasteiger partial charge in [-0.2, -0.15) is 0 Å². The van der Waals surface area contributed by atoms with Crippen LogP contribution in [0, 0.1) is 24.0 Å². The molecule has 3 aromatic heterocycles. The Labute approximate surface area is 203 Å². The molecule has 4 rings (SSSR count). The lowest BCUT2D eigenvalue weighted by Crippen LogP contribution is -2.29. The number of nitro groups is 1. The third-order valence-electron chi connectivity index (χ3n) is 6.04. The van der Waals surface area contributed by atoms with Crippen molar-refractivity contribution in [3.05, 3.63) is 68.6 Å². The Kier molecular flexibility index (Phi) is 6.67. The molecule has 0 aliphatic heterocycles. The van der Waals surface area contributed by atoms with Crippen LogP contribution >= 0.6 is 11.3 Å². The molecule has 0 spiro atoms. The SMILES string of the molecule is Cc1cc2c(s1)c(-c1ccnc(Cc3cc([N+](=O)[O-])c(N(C)CCN(C)C)cc3C)n1)cn2C. The molecule has 0 saturated heterocycles. The second kappa shape index (κ2) is 9.52. The molecule has 0 radical (unpaired) electrons. The summed E-state index contributed by atoms with van der Waals surface area (Å²) in [5.74, 6) is 0.647. The number of hydrogen-bond acceptors (Lipinski definition) is 7. The van der Waals surface area contributed by atoms with Gasteiger partial charge in [-0.3, -0.25) is 10.1 Å². The predicted octanol–water partition coefficient (Wildman–Crippen LogP) is 4.81. The minimum Gasteiger partial charge on any atom is -0.368 e. The maximum Gasteiger partial charge on any atom is 0.292 e. The highest BCUT2D eigenvalue weighted by Crippen LogP contribution is 2.36. The summed E-state index contributed by atoms with van der Waals surface area (Å²) in [6, 6.07) is 7.69. The Morgan fingerprint density at radius 1 is 1.15 bits per heavy atom. The number of nitrogens with zero attached hydrogens (tertiary/aromatic N) is 6. The summed E-state index contributed by atoms with van der Waals surface area (Å²) < 4.78 is 3.33. The maximum absolute atomic E-state index is 11.9. The summed E-state index contributed by atoms with van der Waals surface area (Å²) in [5, 5.41) is 11.9. The Hall–Kier alpha value is -3.30. The number of benzene rings is 1. The Balaban J connectivity index is 1.66. The zero-order chi connectivity index (χ0) is 24.6. The molecule has 0 fully saturated rings. The van der Waals surface area contributed by atoms with E-state index in [1.165, 1.54) is 15.1 Å². The molecule has 0 N–H and O–H groups in total. The molecular formula is C25H30N6O2S. The van der Waals surface area contributed by atoms with E-state index in [9.17, 15) is 10.1 Å².